The molecule has 2 saturated heterocycles. The number of hydrogen-bond acceptors (Lipinski definition) is 7. The number of ketones is 1. The van der Waals surface area contributed by atoms with Gasteiger partial charge in [-0.25, -0.2) is 4.79 Å². The first-order chi connectivity index (χ1) is 23.5. The fourth-order valence-electron chi connectivity index (χ4n) is 10.3. The monoisotopic (exact) mass is 714 g/mol. The first-order valence-electron chi connectivity index (χ1n) is 19.5. The summed E-state index contributed by atoms with van der Waals surface area (Å²) in [7, 11) is 0. The standard InChI is InChI=1S/C39H67N7O5/c1-23-19-45(20-24(2)41-23)21-28(35(3,4)5)43-34(51)44-30(36(6,7)8)33(50)46-22-39(37(9,10)38(39)15-12-16-38)18-27(46)32(49)42-26(29(47)31(40)48)17-25-13-11-14-25/h23-28,30,41H,11-22H2,1-10H3,(H2,40,48)(H,42,49)(H2,43,44,51)/t23-,24+,26?,27-,28+,30+,39?/m0/s1. The number of carbonyl (C=O) groups is 5. The van der Waals surface area contributed by atoms with Crippen molar-refractivity contribution in [3.63, 3.8) is 0 Å². The smallest absolute Gasteiger partial charge is 0.315 e. The van der Waals surface area contributed by atoms with Crippen molar-refractivity contribution in [2.24, 2.45) is 38.7 Å². The van der Waals surface area contributed by atoms with Crippen LogP contribution in [0.5, 0.6) is 0 Å². The molecule has 2 unspecified atom stereocenters. The molecule has 3 aliphatic carbocycles. The Morgan fingerprint density at radius 3 is 1.92 bits per heavy atom. The zero-order valence-corrected chi connectivity index (χ0v) is 33.0. The van der Waals surface area contributed by atoms with Crippen molar-refractivity contribution in [3.05, 3.63) is 0 Å². The summed E-state index contributed by atoms with van der Waals surface area (Å²) in [5.74, 6) is -2.35. The van der Waals surface area contributed by atoms with Crippen molar-refractivity contribution in [1.29, 1.82) is 0 Å². The van der Waals surface area contributed by atoms with Gasteiger partial charge in [-0.05, 0) is 67.1 Å². The molecule has 5 rings (SSSR count). The van der Waals surface area contributed by atoms with Gasteiger partial charge in [0.05, 0.1) is 6.04 Å². The molecule has 5 amide bonds. The van der Waals surface area contributed by atoms with E-state index in [1.54, 1.807) is 4.90 Å². The number of primary amides is 1. The Kier molecular flexibility index (Phi) is 10.8. The van der Waals surface area contributed by atoms with Crippen LogP contribution in [0.15, 0.2) is 0 Å². The van der Waals surface area contributed by atoms with E-state index >= 15 is 0 Å². The normalized spacial score (nSPS) is 30.5. The van der Waals surface area contributed by atoms with Crippen LogP contribution in [0.4, 0.5) is 4.79 Å². The fourth-order valence-corrected chi connectivity index (χ4v) is 10.3. The third-order valence-electron chi connectivity index (χ3n) is 13.9. The van der Waals surface area contributed by atoms with Crippen LogP contribution in [0.1, 0.15) is 121 Å². The third-order valence-corrected chi connectivity index (χ3v) is 13.9. The van der Waals surface area contributed by atoms with Crippen LogP contribution in [0.3, 0.4) is 0 Å². The second-order valence-electron chi connectivity index (χ2n) is 19.7. The van der Waals surface area contributed by atoms with Gasteiger partial charge in [-0.15, -0.1) is 0 Å². The van der Waals surface area contributed by atoms with Crippen LogP contribution in [-0.4, -0.2) is 102 Å². The molecule has 0 bridgehead atoms. The Labute approximate surface area is 305 Å². The summed E-state index contributed by atoms with van der Waals surface area (Å²) < 4.78 is 0. The van der Waals surface area contributed by atoms with Crippen molar-refractivity contribution in [2.45, 2.75) is 157 Å². The van der Waals surface area contributed by atoms with Gasteiger partial charge in [-0.3, -0.25) is 24.1 Å². The van der Waals surface area contributed by atoms with Crippen LogP contribution in [0.25, 0.3) is 0 Å². The van der Waals surface area contributed by atoms with Gasteiger partial charge in [0.25, 0.3) is 5.91 Å². The van der Waals surface area contributed by atoms with Gasteiger partial charge >= 0.3 is 6.03 Å². The Morgan fingerprint density at radius 2 is 1.47 bits per heavy atom. The van der Waals surface area contributed by atoms with Gasteiger partial charge < -0.3 is 31.9 Å². The highest BCUT2D eigenvalue weighted by molar-refractivity contribution is 6.37. The number of carbonyl (C=O) groups excluding carboxylic acids is 5. The molecule has 0 aromatic heterocycles. The summed E-state index contributed by atoms with van der Waals surface area (Å²) >= 11 is 0. The van der Waals surface area contributed by atoms with Crippen LogP contribution >= 0.6 is 0 Å². The maximum Gasteiger partial charge on any atom is 0.315 e. The number of amides is 5. The number of rotatable bonds is 11. The number of Topliss-reactive ketones (excluding diaryl/α,β-unsaturated/α-hetero) is 1. The summed E-state index contributed by atoms with van der Waals surface area (Å²) in [5.41, 5.74) is 4.26. The molecule has 6 N–H and O–H groups in total. The van der Waals surface area contributed by atoms with Crippen LogP contribution in [-0.2, 0) is 19.2 Å². The zero-order chi connectivity index (χ0) is 37.9. The summed E-state index contributed by atoms with van der Waals surface area (Å²) in [6.07, 6.45) is 7.02. The summed E-state index contributed by atoms with van der Waals surface area (Å²) in [5, 5.41) is 12.7. The number of urea groups is 1. The molecule has 12 nitrogen and oxygen atoms in total. The highest BCUT2D eigenvalue weighted by Crippen LogP contribution is 2.88. The molecular weight excluding hydrogens is 646 g/mol. The van der Waals surface area contributed by atoms with E-state index in [2.05, 4.69) is 74.6 Å². The SMILES string of the molecule is C[C@@H]1CN(C[C@@H](NC(=O)N[C@H](C(=O)N2CC3(C[C@H]2C(=O)NC(CC2CCC2)C(=O)C(N)=O)C(C)(C)C32CCC2)C(C)(C)C)C(C)(C)C)C[C@H](C)N1. The molecule has 5 fully saturated rings. The lowest BCUT2D eigenvalue weighted by molar-refractivity contribution is -0.143. The van der Waals surface area contributed by atoms with Crippen LogP contribution in [0, 0.1) is 33.0 Å². The average molecular weight is 714 g/mol. The Bertz CT molecular complexity index is 1370. The molecule has 3 saturated carbocycles. The zero-order valence-electron chi connectivity index (χ0n) is 33.0. The number of nitrogens with two attached hydrogens (primary N) is 1. The number of nitrogens with zero attached hydrogens (tertiary/aromatic N) is 2. The van der Waals surface area contributed by atoms with Gasteiger partial charge in [-0.2, -0.15) is 0 Å². The number of piperazine rings is 1. The summed E-state index contributed by atoms with van der Waals surface area (Å²) in [6.45, 7) is 23.8. The molecule has 2 spiro atoms. The minimum atomic E-state index is -1.07. The number of nitrogens with one attached hydrogen (secondary N) is 4. The quantitative estimate of drug-likeness (QED) is 0.205. The molecule has 5 aliphatic rings. The van der Waals surface area contributed by atoms with Gasteiger partial charge in [0.1, 0.15) is 12.1 Å². The van der Waals surface area contributed by atoms with Crippen molar-refractivity contribution in [1.82, 2.24) is 31.1 Å². The van der Waals surface area contributed by atoms with E-state index in [0.717, 1.165) is 51.6 Å². The maximum absolute atomic E-state index is 14.9. The molecule has 0 aromatic rings. The first kappa shape index (κ1) is 39.5. The topological polar surface area (TPSA) is 166 Å². The lowest BCUT2D eigenvalue weighted by Crippen LogP contribution is -2.63. The summed E-state index contributed by atoms with van der Waals surface area (Å²) in [6, 6.07) is -2.67. The first-order valence-corrected chi connectivity index (χ1v) is 19.5. The van der Waals surface area contributed by atoms with Crippen molar-refractivity contribution in [2.75, 3.05) is 26.2 Å². The predicted molar refractivity (Wildman–Crippen MR) is 197 cm³/mol. The highest BCUT2D eigenvalue weighted by Gasteiger charge is 2.85. The van der Waals surface area contributed by atoms with Gasteiger partial charge in [0.15, 0.2) is 0 Å². The lowest BCUT2D eigenvalue weighted by Gasteiger charge is -2.41. The average Bonchev–Trinajstić information content (AvgIpc) is 3.18. The highest BCUT2D eigenvalue weighted by atomic mass is 16.2. The molecule has 2 heterocycles. The van der Waals surface area contributed by atoms with E-state index in [0.29, 0.717) is 38.0 Å². The molecule has 0 radical (unpaired) electrons. The van der Waals surface area contributed by atoms with E-state index in [4.69, 9.17) is 5.73 Å². The van der Waals surface area contributed by atoms with E-state index in [9.17, 15) is 24.0 Å². The van der Waals surface area contributed by atoms with Gasteiger partial charge in [0.2, 0.25) is 17.6 Å². The third kappa shape index (κ3) is 7.42. The Hall–Kier alpha value is -2.73. The van der Waals surface area contributed by atoms with E-state index in [1.807, 2.05) is 20.8 Å². The molecule has 51 heavy (non-hydrogen) atoms. The number of fused-ring (bicyclic) bond motifs is 1. The Morgan fingerprint density at radius 1 is 0.863 bits per heavy atom. The second-order valence-corrected chi connectivity index (χ2v) is 19.7. The van der Waals surface area contributed by atoms with E-state index < -0.39 is 47.2 Å². The van der Waals surface area contributed by atoms with Gasteiger partial charge in [0, 0.05) is 49.7 Å². The largest absolute Gasteiger partial charge is 0.363 e. The molecular formula is C39H67N7O5. The van der Waals surface area contributed by atoms with Crippen LogP contribution < -0.4 is 27.0 Å². The number of hydrogen-bond donors (Lipinski definition) is 5. The summed E-state index contributed by atoms with van der Waals surface area (Å²) in [4.78, 5) is 72.1. The van der Waals surface area contributed by atoms with Gasteiger partial charge in [-0.1, -0.05) is 81.1 Å². The van der Waals surface area contributed by atoms with E-state index in [1.165, 1.54) is 0 Å². The molecule has 0 aromatic carbocycles. The minimum absolute atomic E-state index is 0.0584. The predicted octanol–water partition coefficient (Wildman–Crippen LogP) is 3.32. The van der Waals surface area contributed by atoms with Crippen molar-refractivity contribution < 1.29 is 24.0 Å². The maximum atomic E-state index is 14.9. The van der Waals surface area contributed by atoms with Crippen molar-refractivity contribution >= 4 is 29.5 Å². The van der Waals surface area contributed by atoms with Crippen LogP contribution in [0.2, 0.25) is 0 Å². The number of likely N-dealkylation sites (tertiary alicyclic amines) is 1. The van der Waals surface area contributed by atoms with Crippen molar-refractivity contribution in [3.8, 4) is 0 Å². The molecule has 288 valence electrons. The van der Waals surface area contributed by atoms with E-state index in [-0.39, 0.29) is 39.5 Å². The second kappa shape index (κ2) is 13.9. The molecule has 2 aliphatic heterocycles. The molecule has 7 atom stereocenters. The minimum Gasteiger partial charge on any atom is -0.363 e. The fraction of sp³-hybridized carbons (Fsp3) is 0.872. The lowest BCUT2D eigenvalue weighted by atomic mass is 9.73. The molecule has 12 heteroatoms. The Balaban J connectivity index is 1.38.